The molecule has 1 aliphatic heterocycles. The van der Waals surface area contributed by atoms with Crippen molar-refractivity contribution in [1.82, 2.24) is 19.5 Å². The fourth-order valence-electron chi connectivity index (χ4n) is 2.46. The van der Waals surface area contributed by atoms with Crippen molar-refractivity contribution in [3.8, 4) is 6.07 Å². The van der Waals surface area contributed by atoms with Crippen molar-refractivity contribution in [2.45, 2.75) is 24.8 Å². The molecule has 112 valence electrons. The molecule has 1 fully saturated rings. The van der Waals surface area contributed by atoms with E-state index in [1.165, 1.54) is 6.33 Å². The first-order valence-electron chi connectivity index (χ1n) is 6.38. The second-order valence-electron chi connectivity index (χ2n) is 4.69. The molecule has 3 atom stereocenters. The van der Waals surface area contributed by atoms with Gasteiger partial charge >= 0.3 is 0 Å². The number of fused-ring (bicyclic) bond motifs is 1. The number of hydrogen-bond acceptors (Lipinski definition) is 8. The highest BCUT2D eigenvalue weighted by molar-refractivity contribution is 5.77. The van der Waals surface area contributed by atoms with Crippen LogP contribution in [0.15, 0.2) is 11.4 Å². The highest BCUT2D eigenvalue weighted by Crippen LogP contribution is 2.32. The van der Waals surface area contributed by atoms with E-state index in [-0.39, 0.29) is 18.2 Å². The third-order valence-corrected chi connectivity index (χ3v) is 3.44. The molecule has 0 bridgehead atoms. The lowest BCUT2D eigenvalue weighted by Crippen LogP contribution is -2.22. The largest absolute Gasteiger partial charge is 0.394 e. The second kappa shape index (κ2) is 5.45. The van der Waals surface area contributed by atoms with Crippen LogP contribution in [0.5, 0.6) is 0 Å². The molecule has 1 saturated heterocycles. The molecule has 0 amide bonds. The number of azide groups is 1. The summed E-state index contributed by atoms with van der Waals surface area (Å²) in [6.45, 7) is -0.270. The Labute approximate surface area is 123 Å². The van der Waals surface area contributed by atoms with E-state index in [2.05, 4.69) is 25.0 Å². The van der Waals surface area contributed by atoms with Gasteiger partial charge in [-0.25, -0.2) is 4.98 Å². The number of nitriles is 1. The molecule has 2 aromatic heterocycles. The maximum atomic E-state index is 9.30. The number of nitrogens with zero attached hydrogens (tertiary/aromatic N) is 8. The molecule has 0 spiro atoms. The minimum absolute atomic E-state index is 0.0471. The summed E-state index contributed by atoms with van der Waals surface area (Å²) in [6.07, 6.45) is 0.676. The molecule has 2 aromatic rings. The van der Waals surface area contributed by atoms with Crippen molar-refractivity contribution in [2.75, 3.05) is 12.3 Å². The number of aliphatic hydroxyl groups excluding tert-OH is 1. The number of hydrogen-bond donors (Lipinski definition) is 2. The van der Waals surface area contributed by atoms with Crippen LogP contribution in [-0.4, -0.2) is 43.4 Å². The number of aliphatic hydroxyl groups is 1. The van der Waals surface area contributed by atoms with Crippen LogP contribution in [0.3, 0.4) is 0 Å². The molecule has 0 unspecified atom stereocenters. The van der Waals surface area contributed by atoms with E-state index in [0.717, 1.165) is 0 Å². The molecule has 3 heterocycles. The molecular weight excluding hydrogens is 290 g/mol. The lowest BCUT2D eigenvalue weighted by molar-refractivity contribution is -0.0232. The van der Waals surface area contributed by atoms with Gasteiger partial charge in [-0.3, -0.25) is 4.57 Å². The van der Waals surface area contributed by atoms with E-state index < -0.39 is 18.4 Å². The summed E-state index contributed by atoms with van der Waals surface area (Å²) in [5.41, 5.74) is 14.9. The molecule has 3 rings (SSSR count). The highest BCUT2D eigenvalue weighted by atomic mass is 16.5. The first kappa shape index (κ1) is 14.0. The lowest BCUT2D eigenvalue weighted by Gasteiger charge is -2.13. The Bertz CT molecular complexity index is 804. The molecule has 3 N–H and O–H groups in total. The van der Waals surface area contributed by atoms with E-state index in [1.807, 2.05) is 6.07 Å². The van der Waals surface area contributed by atoms with Gasteiger partial charge in [0, 0.05) is 11.3 Å². The number of aromatic nitrogens is 4. The Kier molecular flexibility index (Phi) is 3.48. The molecule has 11 nitrogen and oxygen atoms in total. The Morgan fingerprint density at radius 1 is 1.64 bits per heavy atom. The summed E-state index contributed by atoms with van der Waals surface area (Å²) in [7, 11) is 0. The van der Waals surface area contributed by atoms with Gasteiger partial charge in [-0.15, -0.1) is 0 Å². The van der Waals surface area contributed by atoms with E-state index in [9.17, 15) is 5.11 Å². The Hall–Kier alpha value is -2.93. The quantitative estimate of drug-likeness (QED) is 0.464. The van der Waals surface area contributed by atoms with Crippen LogP contribution in [0.4, 0.5) is 5.95 Å². The first-order chi connectivity index (χ1) is 10.7. The SMILES string of the molecule is N#Cc1nc(N)nc2c1ncn2[C@H]1C[C@H](N=[N+]=[N-])[C@@H](CO)O1. The van der Waals surface area contributed by atoms with E-state index in [4.69, 9.17) is 21.3 Å². The maximum absolute atomic E-state index is 9.30. The Morgan fingerprint density at radius 3 is 3.14 bits per heavy atom. The molecule has 0 aliphatic carbocycles. The summed E-state index contributed by atoms with van der Waals surface area (Å²) in [4.78, 5) is 14.8. The molecule has 1 aliphatic rings. The van der Waals surface area contributed by atoms with Crippen LogP contribution in [0, 0.1) is 11.3 Å². The van der Waals surface area contributed by atoms with Crippen LogP contribution < -0.4 is 5.73 Å². The molecule has 0 aromatic carbocycles. The zero-order valence-electron chi connectivity index (χ0n) is 11.2. The fraction of sp³-hybridized carbons (Fsp3) is 0.455. The number of nitrogens with two attached hydrogens (primary N) is 1. The Balaban J connectivity index is 2.03. The number of imidazole rings is 1. The van der Waals surface area contributed by atoms with Crippen LogP contribution in [0.1, 0.15) is 18.3 Å². The summed E-state index contributed by atoms with van der Waals surface area (Å²) < 4.78 is 7.25. The molecule has 0 saturated carbocycles. The van der Waals surface area contributed by atoms with Crippen LogP contribution in [-0.2, 0) is 4.74 Å². The standard InChI is InChI=1S/C11H11N9O2/c12-2-6-9-10(17-11(13)16-6)20(4-15-9)8-1-5(18-19-14)7(3-21)22-8/h4-5,7-8,21H,1,3H2,(H2,13,16,17)/t5-,7+,8+/m0/s1. The van der Waals surface area contributed by atoms with Crippen LogP contribution in [0.2, 0.25) is 0 Å². The predicted molar refractivity (Wildman–Crippen MR) is 73.0 cm³/mol. The third kappa shape index (κ3) is 2.17. The molecular formula is C11H11N9O2. The van der Waals surface area contributed by atoms with Crippen molar-refractivity contribution in [3.63, 3.8) is 0 Å². The van der Waals surface area contributed by atoms with Gasteiger partial charge in [-0.2, -0.15) is 15.2 Å². The molecule has 22 heavy (non-hydrogen) atoms. The molecule has 11 heteroatoms. The van der Waals surface area contributed by atoms with E-state index in [0.29, 0.717) is 17.6 Å². The zero-order chi connectivity index (χ0) is 15.7. The number of anilines is 1. The normalized spacial score (nSPS) is 24.1. The summed E-state index contributed by atoms with van der Waals surface area (Å²) in [5, 5.41) is 22.0. The van der Waals surface area contributed by atoms with Gasteiger partial charge in [0.1, 0.15) is 17.8 Å². The minimum atomic E-state index is -0.604. The predicted octanol–water partition coefficient (Wildman–Crippen LogP) is 0.239. The monoisotopic (exact) mass is 301 g/mol. The average Bonchev–Trinajstić information content (AvgIpc) is 3.10. The van der Waals surface area contributed by atoms with Crippen molar-refractivity contribution in [3.05, 3.63) is 22.5 Å². The zero-order valence-corrected chi connectivity index (χ0v) is 11.2. The Morgan fingerprint density at radius 2 is 2.45 bits per heavy atom. The van der Waals surface area contributed by atoms with Gasteiger partial charge in [0.15, 0.2) is 11.3 Å². The van der Waals surface area contributed by atoms with Crippen molar-refractivity contribution in [2.24, 2.45) is 5.11 Å². The van der Waals surface area contributed by atoms with Gasteiger partial charge in [0.05, 0.1) is 25.1 Å². The average molecular weight is 301 g/mol. The van der Waals surface area contributed by atoms with Crippen molar-refractivity contribution >= 4 is 17.1 Å². The fourth-order valence-corrected chi connectivity index (χ4v) is 2.46. The van der Waals surface area contributed by atoms with E-state index in [1.54, 1.807) is 4.57 Å². The maximum Gasteiger partial charge on any atom is 0.223 e. The topological polar surface area (TPSA) is 172 Å². The van der Waals surface area contributed by atoms with Crippen LogP contribution in [0.25, 0.3) is 21.6 Å². The van der Waals surface area contributed by atoms with Crippen molar-refractivity contribution < 1.29 is 9.84 Å². The highest BCUT2D eigenvalue weighted by Gasteiger charge is 2.36. The smallest absolute Gasteiger partial charge is 0.223 e. The van der Waals surface area contributed by atoms with Crippen LogP contribution >= 0.6 is 0 Å². The molecule has 0 radical (unpaired) electrons. The van der Waals surface area contributed by atoms with Gasteiger partial charge in [-0.05, 0) is 5.53 Å². The summed E-state index contributed by atoms with van der Waals surface area (Å²) >= 11 is 0. The van der Waals surface area contributed by atoms with Gasteiger partial charge < -0.3 is 15.6 Å². The number of nitrogen functional groups attached to an aromatic ring is 1. The van der Waals surface area contributed by atoms with Gasteiger partial charge in [0.2, 0.25) is 5.95 Å². The minimum Gasteiger partial charge on any atom is -0.394 e. The van der Waals surface area contributed by atoms with Crippen molar-refractivity contribution in [1.29, 1.82) is 5.26 Å². The first-order valence-corrected chi connectivity index (χ1v) is 6.38. The summed E-state index contributed by atoms with van der Waals surface area (Å²) in [6, 6.07) is 1.42. The van der Waals surface area contributed by atoms with Gasteiger partial charge in [-0.1, -0.05) is 5.11 Å². The number of ether oxygens (including phenoxy) is 1. The number of rotatable bonds is 3. The van der Waals surface area contributed by atoms with Gasteiger partial charge in [0.25, 0.3) is 0 Å². The third-order valence-electron chi connectivity index (χ3n) is 3.44. The lowest BCUT2D eigenvalue weighted by atomic mass is 10.1. The second-order valence-corrected chi connectivity index (χ2v) is 4.69. The van der Waals surface area contributed by atoms with E-state index >= 15 is 0 Å². The summed E-state index contributed by atoms with van der Waals surface area (Å²) in [5.74, 6) is -0.0471.